The van der Waals surface area contributed by atoms with Crippen LogP contribution >= 0.6 is 11.3 Å². The lowest BCUT2D eigenvalue weighted by Crippen LogP contribution is -2.18. The molecule has 122 valence electrons. The lowest BCUT2D eigenvalue weighted by Gasteiger charge is -2.04. The molecular weight excluding hydrogens is 332 g/mol. The van der Waals surface area contributed by atoms with E-state index in [1.165, 1.54) is 11.3 Å². The van der Waals surface area contributed by atoms with E-state index in [2.05, 4.69) is 15.0 Å². The van der Waals surface area contributed by atoms with Crippen molar-refractivity contribution in [1.29, 1.82) is 0 Å². The number of fused-ring (bicyclic) bond motifs is 1. The highest BCUT2D eigenvalue weighted by Crippen LogP contribution is 2.24. The summed E-state index contributed by atoms with van der Waals surface area (Å²) in [7, 11) is 0. The molecule has 6 heteroatoms. The van der Waals surface area contributed by atoms with Crippen LogP contribution in [0.5, 0.6) is 0 Å². The van der Waals surface area contributed by atoms with Crippen LogP contribution in [-0.2, 0) is 0 Å². The monoisotopic (exact) mass is 346 g/mol. The topological polar surface area (TPSA) is 60.1 Å². The Labute approximate surface area is 148 Å². The summed E-state index contributed by atoms with van der Waals surface area (Å²) in [5, 5.41) is 1.95. The number of rotatable bonds is 3. The highest BCUT2D eigenvalue weighted by molar-refractivity contribution is 7.15. The van der Waals surface area contributed by atoms with Gasteiger partial charge < -0.3 is 0 Å². The fourth-order valence-electron chi connectivity index (χ4n) is 2.59. The van der Waals surface area contributed by atoms with Gasteiger partial charge in [0.15, 0.2) is 4.96 Å². The third-order valence-electron chi connectivity index (χ3n) is 3.93. The molecule has 0 unspecified atom stereocenters. The predicted octanol–water partition coefficient (Wildman–Crippen LogP) is 3.69. The second kappa shape index (κ2) is 6.41. The van der Waals surface area contributed by atoms with E-state index in [9.17, 15) is 4.79 Å². The van der Waals surface area contributed by atoms with E-state index in [1.54, 1.807) is 36.1 Å². The van der Waals surface area contributed by atoms with Crippen LogP contribution in [0, 0.1) is 6.92 Å². The molecule has 0 saturated carbocycles. The van der Waals surface area contributed by atoms with Crippen LogP contribution < -0.4 is 5.56 Å². The zero-order valence-electron chi connectivity index (χ0n) is 13.5. The number of aromatic nitrogens is 4. The van der Waals surface area contributed by atoms with Crippen molar-refractivity contribution >= 4 is 28.4 Å². The van der Waals surface area contributed by atoms with Gasteiger partial charge in [-0.1, -0.05) is 12.1 Å². The number of thiazole rings is 1. The Morgan fingerprint density at radius 2 is 1.92 bits per heavy atom. The van der Waals surface area contributed by atoms with Crippen molar-refractivity contribution < 1.29 is 0 Å². The highest BCUT2D eigenvalue weighted by Gasteiger charge is 2.13. The summed E-state index contributed by atoms with van der Waals surface area (Å²) in [5.41, 5.74) is 3.99. The molecule has 4 aromatic rings. The van der Waals surface area contributed by atoms with Crippen LogP contribution in [0.4, 0.5) is 0 Å². The Hall–Kier alpha value is -3.12. The standard InChI is InChI=1S/C19H14N4OS/c1-13-16(5-4-14-3-2-8-21-11-14)22-19-23(18(13)24)17(12-25-19)15-6-9-20-10-7-15/h2-12H,1H3. The summed E-state index contributed by atoms with van der Waals surface area (Å²) in [6.07, 6.45) is 10.7. The van der Waals surface area contributed by atoms with Gasteiger partial charge in [-0.15, -0.1) is 11.3 Å². The third-order valence-corrected chi connectivity index (χ3v) is 4.75. The van der Waals surface area contributed by atoms with E-state index in [0.29, 0.717) is 16.2 Å². The molecule has 4 rings (SSSR count). The van der Waals surface area contributed by atoms with E-state index >= 15 is 0 Å². The van der Waals surface area contributed by atoms with Crippen molar-refractivity contribution in [3.63, 3.8) is 0 Å². The van der Waals surface area contributed by atoms with Crippen molar-refractivity contribution in [2.45, 2.75) is 6.92 Å². The van der Waals surface area contributed by atoms with Crippen molar-refractivity contribution in [2.75, 3.05) is 0 Å². The lowest BCUT2D eigenvalue weighted by molar-refractivity contribution is 1.04. The van der Waals surface area contributed by atoms with Crippen molar-refractivity contribution in [3.05, 3.63) is 81.6 Å². The van der Waals surface area contributed by atoms with Gasteiger partial charge in [0, 0.05) is 41.3 Å². The Bertz CT molecular complexity index is 1110. The molecule has 25 heavy (non-hydrogen) atoms. The molecule has 4 aromatic heterocycles. The summed E-state index contributed by atoms with van der Waals surface area (Å²) in [5.74, 6) is 0. The largest absolute Gasteiger partial charge is 0.269 e. The van der Waals surface area contributed by atoms with Gasteiger partial charge in [0.1, 0.15) is 0 Å². The van der Waals surface area contributed by atoms with Gasteiger partial charge in [-0.2, -0.15) is 0 Å². The zero-order valence-corrected chi connectivity index (χ0v) is 14.3. The van der Waals surface area contributed by atoms with Crippen LogP contribution in [0.1, 0.15) is 16.8 Å². The number of nitrogens with zero attached hydrogens (tertiary/aromatic N) is 4. The number of hydrogen-bond donors (Lipinski definition) is 0. The first kappa shape index (κ1) is 15.4. The second-order valence-electron chi connectivity index (χ2n) is 5.52. The van der Waals surface area contributed by atoms with E-state index in [0.717, 1.165) is 16.8 Å². The summed E-state index contributed by atoms with van der Waals surface area (Å²) >= 11 is 1.45. The Kier molecular flexibility index (Phi) is 3.95. The molecule has 4 heterocycles. The van der Waals surface area contributed by atoms with Crippen molar-refractivity contribution in [2.24, 2.45) is 0 Å². The molecular formula is C19H14N4OS. The maximum absolute atomic E-state index is 12.9. The van der Waals surface area contributed by atoms with Gasteiger partial charge in [-0.05, 0) is 36.8 Å². The molecule has 0 fully saturated rings. The Balaban J connectivity index is 1.84. The van der Waals surface area contributed by atoms with Gasteiger partial charge in [0.25, 0.3) is 5.56 Å². The lowest BCUT2D eigenvalue weighted by atomic mass is 10.2. The fourth-order valence-corrected chi connectivity index (χ4v) is 3.48. The average molecular weight is 346 g/mol. The molecule has 0 atom stereocenters. The molecule has 0 amide bonds. The molecule has 0 N–H and O–H groups in total. The molecule has 0 saturated heterocycles. The van der Waals surface area contributed by atoms with Gasteiger partial charge in [0.05, 0.1) is 11.4 Å². The molecule has 5 nitrogen and oxygen atoms in total. The fraction of sp³-hybridized carbons (Fsp3) is 0.0526. The first-order chi connectivity index (χ1) is 12.2. The maximum atomic E-state index is 12.9. The minimum absolute atomic E-state index is 0.0519. The van der Waals surface area contributed by atoms with Crippen molar-refractivity contribution in [1.82, 2.24) is 19.4 Å². The highest BCUT2D eigenvalue weighted by atomic mass is 32.1. The smallest absolute Gasteiger partial charge is 0.262 e. The van der Waals surface area contributed by atoms with Gasteiger partial charge >= 0.3 is 0 Å². The maximum Gasteiger partial charge on any atom is 0.262 e. The zero-order chi connectivity index (χ0) is 17.2. The summed E-state index contributed by atoms with van der Waals surface area (Å²) in [6, 6.07) is 7.61. The quantitative estimate of drug-likeness (QED) is 0.568. The summed E-state index contributed by atoms with van der Waals surface area (Å²) in [4.78, 5) is 26.3. The second-order valence-corrected chi connectivity index (χ2v) is 6.36. The Morgan fingerprint density at radius 3 is 2.68 bits per heavy atom. The Morgan fingerprint density at radius 1 is 1.08 bits per heavy atom. The summed E-state index contributed by atoms with van der Waals surface area (Å²) in [6.45, 7) is 1.80. The summed E-state index contributed by atoms with van der Waals surface area (Å²) < 4.78 is 1.66. The van der Waals surface area contributed by atoms with Crippen molar-refractivity contribution in [3.8, 4) is 11.3 Å². The van der Waals surface area contributed by atoms with Gasteiger partial charge in [-0.3, -0.25) is 19.2 Å². The SMILES string of the molecule is Cc1c(C=Cc2cccnc2)nc2scc(-c3ccncc3)n2c1=O. The minimum Gasteiger partial charge on any atom is -0.269 e. The minimum atomic E-state index is -0.0519. The molecule has 0 aromatic carbocycles. The number of hydrogen-bond acceptors (Lipinski definition) is 5. The van der Waals surface area contributed by atoms with E-state index in [4.69, 9.17) is 0 Å². The molecule has 0 aliphatic heterocycles. The molecule has 0 aliphatic rings. The van der Waals surface area contributed by atoms with Crippen LogP contribution in [0.15, 0.2) is 59.2 Å². The molecule has 0 aliphatic carbocycles. The van der Waals surface area contributed by atoms with Gasteiger partial charge in [0.2, 0.25) is 0 Å². The molecule has 0 bridgehead atoms. The molecule has 0 spiro atoms. The third kappa shape index (κ3) is 2.88. The van der Waals surface area contributed by atoms with Crippen LogP contribution in [0.2, 0.25) is 0 Å². The average Bonchev–Trinajstić information content (AvgIpc) is 3.09. The van der Waals surface area contributed by atoms with E-state index in [-0.39, 0.29) is 5.56 Å². The van der Waals surface area contributed by atoms with Crippen LogP contribution in [0.3, 0.4) is 0 Å². The molecule has 0 radical (unpaired) electrons. The normalized spacial score (nSPS) is 11.4. The van der Waals surface area contributed by atoms with Crippen LogP contribution in [-0.4, -0.2) is 19.4 Å². The van der Waals surface area contributed by atoms with Crippen LogP contribution in [0.25, 0.3) is 28.4 Å². The predicted molar refractivity (Wildman–Crippen MR) is 100 cm³/mol. The first-order valence-electron chi connectivity index (χ1n) is 7.73. The van der Waals surface area contributed by atoms with E-state index < -0.39 is 0 Å². The first-order valence-corrected chi connectivity index (χ1v) is 8.61. The van der Waals surface area contributed by atoms with E-state index in [1.807, 2.05) is 41.8 Å². The number of pyridine rings is 2. The van der Waals surface area contributed by atoms with Gasteiger partial charge in [-0.25, -0.2) is 4.98 Å².